The molecule has 1 aliphatic rings. The van der Waals surface area contributed by atoms with E-state index in [1.165, 1.54) is 30.9 Å². The highest BCUT2D eigenvalue weighted by molar-refractivity contribution is 6.36. The van der Waals surface area contributed by atoms with E-state index in [1.807, 2.05) is 7.05 Å². The van der Waals surface area contributed by atoms with Crippen molar-refractivity contribution >= 4 is 51.8 Å². The van der Waals surface area contributed by atoms with Crippen molar-refractivity contribution in [3.8, 4) is 11.5 Å². The van der Waals surface area contributed by atoms with E-state index in [1.54, 1.807) is 11.6 Å². The summed E-state index contributed by atoms with van der Waals surface area (Å²) in [5.41, 5.74) is 6.03. The first-order chi connectivity index (χ1) is 19.9. The summed E-state index contributed by atoms with van der Waals surface area (Å²) in [6.45, 7) is 3.34. The van der Waals surface area contributed by atoms with Crippen molar-refractivity contribution in [2.24, 2.45) is 18.7 Å². The molecule has 0 amide bonds. The van der Waals surface area contributed by atoms with Gasteiger partial charge >= 0.3 is 12.1 Å². The second-order valence-electron chi connectivity index (χ2n) is 10.1. The van der Waals surface area contributed by atoms with E-state index >= 15 is 0 Å². The number of hydrogen-bond donors (Lipinski definition) is 3. The number of anilines is 2. The van der Waals surface area contributed by atoms with Crippen LogP contribution in [-0.4, -0.2) is 51.1 Å². The summed E-state index contributed by atoms with van der Waals surface area (Å²) in [6.07, 6.45) is 1.73. The number of likely N-dealkylation sites (tertiary alicyclic amines) is 1. The number of halogens is 5. The van der Waals surface area contributed by atoms with Crippen LogP contribution in [0.4, 0.5) is 24.8 Å². The molecule has 10 nitrogen and oxygen atoms in total. The number of rotatable bonds is 8. The zero-order chi connectivity index (χ0) is 30.2. The largest absolute Gasteiger partial charge is 0.492 e. The van der Waals surface area contributed by atoms with Gasteiger partial charge in [-0.25, -0.2) is 29.8 Å². The first-order valence-corrected chi connectivity index (χ1v) is 13.6. The minimum Gasteiger partial charge on any atom is -0.492 e. The summed E-state index contributed by atoms with van der Waals surface area (Å²) in [6, 6.07) is 3.66. The summed E-state index contributed by atoms with van der Waals surface area (Å²) in [7, 11) is 3.65. The molecule has 5 rings (SSSR count). The molecule has 0 radical (unpaired) electrons. The second kappa shape index (κ2) is 11.8. The van der Waals surface area contributed by atoms with Gasteiger partial charge in [0.05, 0.1) is 18.8 Å². The minimum absolute atomic E-state index is 0.0762. The molecule has 0 saturated carbocycles. The van der Waals surface area contributed by atoms with Crippen LogP contribution in [0.3, 0.4) is 0 Å². The maximum atomic E-state index is 13.8. The van der Waals surface area contributed by atoms with Crippen LogP contribution >= 0.6 is 23.2 Å². The lowest BCUT2D eigenvalue weighted by molar-refractivity contribution is -0.629. The minimum atomic E-state index is -4.57. The average molecular weight is 624 g/mol. The highest BCUT2D eigenvalue weighted by Crippen LogP contribution is 2.36. The molecular weight excluding hydrogens is 596 g/mol. The third-order valence-electron chi connectivity index (χ3n) is 6.96. The van der Waals surface area contributed by atoms with Gasteiger partial charge in [-0.3, -0.25) is 4.90 Å². The third-order valence-corrected chi connectivity index (χ3v) is 7.60. The lowest BCUT2D eigenvalue weighted by atomic mass is 10.1. The van der Waals surface area contributed by atoms with Gasteiger partial charge in [0.15, 0.2) is 22.2 Å². The molecule has 1 aliphatic heterocycles. The van der Waals surface area contributed by atoms with Crippen LogP contribution < -0.4 is 25.1 Å². The molecule has 0 bridgehead atoms. The number of H-pyrrole nitrogens is 1. The number of alkyl halides is 3. The molecule has 1 fully saturated rings. The number of fused-ring (bicyclic) bond motifs is 1. The van der Waals surface area contributed by atoms with Crippen molar-refractivity contribution in [2.75, 3.05) is 25.5 Å². The Hall–Kier alpha value is -3.81. The molecule has 1 unspecified atom stereocenters. The number of likely N-dealkylation sites (N-methyl/N-ethyl adjacent to an activating group) is 1. The lowest BCUT2D eigenvalue weighted by Gasteiger charge is -2.20. The number of benzene rings is 1. The van der Waals surface area contributed by atoms with Crippen molar-refractivity contribution in [3.63, 3.8) is 0 Å². The summed E-state index contributed by atoms with van der Waals surface area (Å²) in [5, 5.41) is 3.24. The number of nitrogens with zero attached hydrogens (tertiary/aromatic N) is 5. The first-order valence-electron chi connectivity index (χ1n) is 12.9. The van der Waals surface area contributed by atoms with Crippen molar-refractivity contribution in [1.29, 1.82) is 0 Å². The standard InChI is InChI=1S/C27H27Cl2F3N8O2/c1-14-6-17(39(2)12-14)13-41-18-8-15(27(30,31)32)7-16(9-18)37-26-38-25-23(40(26)3)21(28)20(11-36-25)42-19(10-33)22-24(29)35-5-4-34-22/h4-5,7-11,14,17H,6,12-13H2,1-3H3,(H3,33,34,36,37,38)/p+1/t14?,17-/m0/s1. The van der Waals surface area contributed by atoms with Crippen LogP contribution in [0.5, 0.6) is 11.5 Å². The molecule has 0 aliphatic carbocycles. The Morgan fingerprint density at radius 2 is 2.00 bits per heavy atom. The quantitative estimate of drug-likeness (QED) is 0.179. The van der Waals surface area contributed by atoms with E-state index in [-0.39, 0.29) is 51.5 Å². The molecule has 3 aromatic heterocycles. The Morgan fingerprint density at radius 1 is 1.24 bits per heavy atom. The van der Waals surface area contributed by atoms with Crippen LogP contribution in [-0.2, 0) is 13.2 Å². The van der Waals surface area contributed by atoms with E-state index in [0.717, 1.165) is 25.1 Å². The van der Waals surface area contributed by atoms with E-state index < -0.39 is 11.7 Å². The molecule has 4 heterocycles. The lowest BCUT2D eigenvalue weighted by Crippen LogP contribution is -2.31. The fourth-order valence-corrected chi connectivity index (χ4v) is 5.42. The van der Waals surface area contributed by atoms with Crippen LogP contribution in [0.25, 0.3) is 16.9 Å². The number of aromatic nitrogens is 5. The molecule has 1 saturated heterocycles. The van der Waals surface area contributed by atoms with Crippen LogP contribution in [0.1, 0.15) is 24.6 Å². The molecule has 1 aromatic carbocycles. The third kappa shape index (κ3) is 6.18. The van der Waals surface area contributed by atoms with Gasteiger partial charge in [0.25, 0.3) is 0 Å². The topological polar surface area (TPSA) is 118 Å². The van der Waals surface area contributed by atoms with Crippen LogP contribution in [0.15, 0.2) is 43.0 Å². The van der Waals surface area contributed by atoms with E-state index in [4.69, 9.17) is 38.4 Å². The number of hydrogen-bond acceptors (Lipinski definition) is 8. The highest BCUT2D eigenvalue weighted by Gasteiger charge is 2.33. The molecule has 4 N–H and O–H groups in total. The van der Waals surface area contributed by atoms with Gasteiger partial charge in [0.1, 0.15) is 28.8 Å². The Balaban J connectivity index is 1.43. The Labute approximate surface area is 249 Å². The number of nitrogens with one attached hydrogen (secondary N) is 2. The molecule has 2 atom stereocenters. The number of aromatic amines is 1. The van der Waals surface area contributed by atoms with Gasteiger partial charge < -0.3 is 15.2 Å². The summed E-state index contributed by atoms with van der Waals surface area (Å²) in [4.78, 5) is 17.7. The monoisotopic (exact) mass is 623 g/mol. The number of imidazole rings is 1. The zero-order valence-electron chi connectivity index (χ0n) is 22.8. The molecule has 42 heavy (non-hydrogen) atoms. The average Bonchev–Trinajstić information content (AvgIpc) is 3.44. The van der Waals surface area contributed by atoms with Crippen LogP contribution in [0, 0.1) is 5.92 Å². The fourth-order valence-electron chi connectivity index (χ4n) is 4.92. The van der Waals surface area contributed by atoms with E-state index in [9.17, 15) is 13.2 Å². The molecule has 222 valence electrons. The van der Waals surface area contributed by atoms with Crippen molar-refractivity contribution in [2.45, 2.75) is 25.6 Å². The smallest absolute Gasteiger partial charge is 0.416 e. The number of nitrogens with two attached hydrogens (primary N) is 1. The fraction of sp³-hybridized carbons (Fsp3) is 0.333. The Kier molecular flexibility index (Phi) is 8.35. The molecule has 15 heteroatoms. The molecule has 0 spiro atoms. The normalized spacial score (nSPS) is 18.0. The number of pyridine rings is 1. The van der Waals surface area contributed by atoms with Crippen LogP contribution in [0.2, 0.25) is 10.2 Å². The Bertz CT molecular complexity index is 1650. The van der Waals surface area contributed by atoms with Gasteiger partial charge in [0, 0.05) is 37.2 Å². The summed E-state index contributed by atoms with van der Waals surface area (Å²) < 4.78 is 54.7. The van der Waals surface area contributed by atoms with Gasteiger partial charge in [-0.2, -0.15) is 13.2 Å². The maximum absolute atomic E-state index is 13.8. The number of aryl methyl sites for hydroxylation is 1. The van der Waals surface area contributed by atoms with Crippen molar-refractivity contribution in [3.05, 3.63) is 64.4 Å². The molecular formula is C27H28Cl2F3N8O2+. The SMILES string of the molecule is CC1C[C@@H](COc2cc(Nc3[nH]c4ncc(O/C(=C/N)c5nccnc5Cl)c(Cl)c4[n+]3C)cc(C(F)(F)F)c2)N(C)C1. The Morgan fingerprint density at radius 3 is 2.67 bits per heavy atom. The highest BCUT2D eigenvalue weighted by atomic mass is 35.5. The summed E-state index contributed by atoms with van der Waals surface area (Å²) >= 11 is 12.8. The van der Waals surface area contributed by atoms with E-state index in [2.05, 4.69) is 37.1 Å². The number of ether oxygens (including phenoxy) is 2. The predicted octanol–water partition coefficient (Wildman–Crippen LogP) is 5.30. The first kappa shape index (κ1) is 29.7. The maximum Gasteiger partial charge on any atom is 0.416 e. The van der Waals surface area contributed by atoms with Gasteiger partial charge in [-0.15, -0.1) is 0 Å². The second-order valence-corrected chi connectivity index (χ2v) is 10.8. The van der Waals surface area contributed by atoms with Gasteiger partial charge in [0.2, 0.25) is 5.65 Å². The summed E-state index contributed by atoms with van der Waals surface area (Å²) in [5.74, 6) is 1.16. The predicted molar refractivity (Wildman–Crippen MR) is 153 cm³/mol. The van der Waals surface area contributed by atoms with Gasteiger partial charge in [-0.05, 0) is 31.5 Å². The molecule has 4 aromatic rings. The van der Waals surface area contributed by atoms with E-state index in [0.29, 0.717) is 23.0 Å². The van der Waals surface area contributed by atoms with Crippen molar-refractivity contribution < 1.29 is 27.2 Å². The van der Waals surface area contributed by atoms with Gasteiger partial charge in [-0.1, -0.05) is 30.1 Å². The zero-order valence-corrected chi connectivity index (χ0v) is 24.3. The van der Waals surface area contributed by atoms with Crippen molar-refractivity contribution in [1.82, 2.24) is 24.8 Å².